The number of aliphatic hydroxyl groups excluding tert-OH is 1. The van der Waals surface area contributed by atoms with Crippen molar-refractivity contribution < 1.29 is 19.7 Å². The van der Waals surface area contributed by atoms with Crippen LogP contribution in [-0.4, -0.2) is 24.3 Å². The number of carboxylic acids is 1. The van der Waals surface area contributed by atoms with E-state index in [1.807, 2.05) is 0 Å². The fourth-order valence-corrected chi connectivity index (χ4v) is 2.37. The average molecular weight is 271 g/mol. The monoisotopic (exact) mass is 271 g/mol. The van der Waals surface area contributed by atoms with Crippen molar-refractivity contribution in [2.24, 2.45) is 0 Å². The van der Waals surface area contributed by atoms with Gasteiger partial charge < -0.3 is 19.7 Å². The molecule has 20 heavy (non-hydrogen) atoms. The Hall–Kier alpha value is -2.17. The number of hydrogen-bond acceptors (Lipinski definition) is 4. The Kier molecular flexibility index (Phi) is 4.17. The number of rotatable bonds is 5. The predicted octanol–water partition coefficient (Wildman–Crippen LogP) is 0.687. The summed E-state index contributed by atoms with van der Waals surface area (Å²) < 4.78 is 5.46. The predicted molar refractivity (Wildman–Crippen MR) is 71.7 cm³/mol. The van der Waals surface area contributed by atoms with Crippen molar-refractivity contribution >= 4 is 5.97 Å². The summed E-state index contributed by atoms with van der Waals surface area (Å²) >= 11 is 0. The van der Waals surface area contributed by atoms with Crippen LogP contribution in [0.25, 0.3) is 0 Å². The van der Waals surface area contributed by atoms with Crippen LogP contribution < -0.4 is 5.11 Å². The van der Waals surface area contributed by atoms with Crippen LogP contribution in [0.5, 0.6) is 0 Å². The Morgan fingerprint density at radius 2 is 1.45 bits per heavy atom. The Morgan fingerprint density at radius 3 is 1.75 bits per heavy atom. The maximum atomic E-state index is 11.2. The lowest BCUT2D eigenvalue weighted by molar-refractivity contribution is -0.322. The van der Waals surface area contributed by atoms with Crippen molar-refractivity contribution in [2.75, 3.05) is 7.11 Å². The maximum Gasteiger partial charge on any atom is 0.149 e. The minimum absolute atomic E-state index is 0.547. The highest BCUT2D eigenvalue weighted by Crippen LogP contribution is 2.36. The molecule has 0 spiro atoms. The molecule has 4 heteroatoms. The second-order valence-corrected chi connectivity index (χ2v) is 4.39. The molecule has 1 N–H and O–H groups in total. The first-order valence-corrected chi connectivity index (χ1v) is 6.18. The van der Waals surface area contributed by atoms with Crippen molar-refractivity contribution in [1.29, 1.82) is 0 Å². The van der Waals surface area contributed by atoms with E-state index in [1.165, 1.54) is 7.11 Å². The van der Waals surface area contributed by atoms with Gasteiger partial charge in [0.1, 0.15) is 11.7 Å². The minimum Gasteiger partial charge on any atom is -0.547 e. The molecule has 0 aliphatic rings. The van der Waals surface area contributed by atoms with Crippen LogP contribution in [0, 0.1) is 0 Å². The van der Waals surface area contributed by atoms with E-state index in [0.717, 1.165) is 0 Å². The Labute approximate surface area is 117 Å². The van der Waals surface area contributed by atoms with Gasteiger partial charge in [0, 0.05) is 7.11 Å². The van der Waals surface area contributed by atoms with Gasteiger partial charge in [-0.1, -0.05) is 60.7 Å². The highest BCUT2D eigenvalue weighted by Gasteiger charge is 2.42. The molecule has 0 aromatic heterocycles. The molecule has 4 nitrogen and oxygen atoms in total. The highest BCUT2D eigenvalue weighted by molar-refractivity contribution is 5.73. The van der Waals surface area contributed by atoms with E-state index >= 15 is 0 Å². The lowest BCUT2D eigenvalue weighted by atomic mass is 9.81. The summed E-state index contributed by atoms with van der Waals surface area (Å²) in [6.45, 7) is 0. The molecule has 0 amide bonds. The van der Waals surface area contributed by atoms with Gasteiger partial charge in [-0.15, -0.1) is 0 Å². The SMILES string of the molecule is COC(c1ccccc1)(c1ccccc1)[C@H](O)C(=O)[O-]. The zero-order chi connectivity index (χ0) is 14.6. The number of aliphatic carboxylic acids is 1. The first-order valence-electron chi connectivity index (χ1n) is 6.18. The molecule has 2 rings (SSSR count). The van der Waals surface area contributed by atoms with Gasteiger partial charge in [0.25, 0.3) is 0 Å². The zero-order valence-electron chi connectivity index (χ0n) is 11.0. The molecule has 0 saturated heterocycles. The largest absolute Gasteiger partial charge is 0.547 e. The van der Waals surface area contributed by atoms with Gasteiger partial charge >= 0.3 is 0 Å². The van der Waals surface area contributed by atoms with Crippen LogP contribution in [0.4, 0.5) is 0 Å². The topological polar surface area (TPSA) is 69.6 Å². The highest BCUT2D eigenvalue weighted by atomic mass is 16.5. The van der Waals surface area contributed by atoms with Crippen molar-refractivity contribution in [3.05, 3.63) is 71.8 Å². The van der Waals surface area contributed by atoms with E-state index < -0.39 is 17.7 Å². The number of ether oxygens (including phenoxy) is 1. The Balaban J connectivity index is 2.68. The molecule has 2 aromatic rings. The molecule has 0 aliphatic heterocycles. The van der Waals surface area contributed by atoms with Crippen molar-refractivity contribution in [3.63, 3.8) is 0 Å². The molecule has 0 saturated carbocycles. The molecule has 0 heterocycles. The summed E-state index contributed by atoms with van der Waals surface area (Å²) in [6.07, 6.45) is -1.82. The van der Waals surface area contributed by atoms with Gasteiger partial charge in [-0.3, -0.25) is 0 Å². The molecular weight excluding hydrogens is 256 g/mol. The Morgan fingerprint density at radius 1 is 1.05 bits per heavy atom. The van der Waals surface area contributed by atoms with Crippen LogP contribution in [0.2, 0.25) is 0 Å². The van der Waals surface area contributed by atoms with Crippen LogP contribution in [-0.2, 0) is 15.1 Å². The van der Waals surface area contributed by atoms with Gasteiger partial charge in [-0.25, -0.2) is 0 Å². The van der Waals surface area contributed by atoms with E-state index in [1.54, 1.807) is 60.7 Å². The maximum absolute atomic E-state index is 11.2. The fourth-order valence-electron chi connectivity index (χ4n) is 2.37. The summed E-state index contributed by atoms with van der Waals surface area (Å²) in [6, 6.07) is 17.5. The fraction of sp³-hybridized carbons (Fsp3) is 0.188. The standard InChI is InChI=1S/C16H16O4/c1-20-16(14(17)15(18)19,12-8-4-2-5-9-12)13-10-6-3-7-11-13/h2-11,14,17H,1H3,(H,18,19)/p-1/t14-/m1/s1. The normalized spacial score (nSPS) is 12.9. The number of benzene rings is 2. The molecule has 0 aliphatic carbocycles. The van der Waals surface area contributed by atoms with Gasteiger partial charge in [0.05, 0.1) is 5.97 Å². The number of aliphatic hydroxyl groups is 1. The van der Waals surface area contributed by atoms with Crippen molar-refractivity contribution in [3.8, 4) is 0 Å². The van der Waals surface area contributed by atoms with Gasteiger partial charge in [0.15, 0.2) is 0 Å². The van der Waals surface area contributed by atoms with Crippen LogP contribution >= 0.6 is 0 Å². The number of carbonyl (C=O) groups excluding carboxylic acids is 1. The second kappa shape index (κ2) is 5.86. The lowest BCUT2D eigenvalue weighted by Gasteiger charge is -2.38. The van der Waals surface area contributed by atoms with Gasteiger partial charge in [-0.2, -0.15) is 0 Å². The lowest BCUT2D eigenvalue weighted by Crippen LogP contribution is -2.52. The van der Waals surface area contributed by atoms with E-state index in [-0.39, 0.29) is 0 Å². The molecule has 104 valence electrons. The third-order valence-corrected chi connectivity index (χ3v) is 3.34. The van der Waals surface area contributed by atoms with Crippen LogP contribution in [0.1, 0.15) is 11.1 Å². The molecule has 1 atom stereocenters. The van der Waals surface area contributed by atoms with Crippen LogP contribution in [0.15, 0.2) is 60.7 Å². The quantitative estimate of drug-likeness (QED) is 0.868. The first-order chi connectivity index (χ1) is 9.63. The zero-order valence-corrected chi connectivity index (χ0v) is 11.0. The smallest absolute Gasteiger partial charge is 0.149 e. The van der Waals surface area contributed by atoms with E-state index in [0.29, 0.717) is 11.1 Å². The molecule has 0 radical (unpaired) electrons. The summed E-state index contributed by atoms with van der Waals surface area (Å²) in [4.78, 5) is 11.2. The minimum atomic E-state index is -1.82. The van der Waals surface area contributed by atoms with Crippen molar-refractivity contribution in [1.82, 2.24) is 0 Å². The Bertz CT molecular complexity index is 526. The number of hydrogen-bond donors (Lipinski definition) is 1. The molecule has 2 aromatic carbocycles. The summed E-state index contributed by atoms with van der Waals surface area (Å²) in [5.41, 5.74) is -0.405. The van der Waals surface area contributed by atoms with E-state index in [2.05, 4.69) is 0 Å². The third kappa shape index (κ3) is 2.31. The second-order valence-electron chi connectivity index (χ2n) is 4.39. The third-order valence-electron chi connectivity index (χ3n) is 3.34. The number of methoxy groups -OCH3 is 1. The van der Waals surface area contributed by atoms with Gasteiger partial charge in [0.2, 0.25) is 0 Å². The number of carbonyl (C=O) groups is 1. The molecule has 0 unspecified atom stereocenters. The van der Waals surface area contributed by atoms with E-state index in [4.69, 9.17) is 4.74 Å². The van der Waals surface area contributed by atoms with Crippen molar-refractivity contribution in [2.45, 2.75) is 11.7 Å². The first kappa shape index (κ1) is 14.2. The van der Waals surface area contributed by atoms with Gasteiger partial charge in [-0.05, 0) is 11.1 Å². The summed E-state index contributed by atoms with van der Waals surface area (Å²) in [7, 11) is 1.37. The summed E-state index contributed by atoms with van der Waals surface area (Å²) in [5, 5.41) is 21.4. The summed E-state index contributed by atoms with van der Waals surface area (Å²) in [5.74, 6) is -1.58. The number of carboxylic acid groups (broad SMARTS) is 1. The molecule has 0 fully saturated rings. The average Bonchev–Trinajstić information content (AvgIpc) is 2.50. The molecule has 0 bridgehead atoms. The van der Waals surface area contributed by atoms with E-state index in [9.17, 15) is 15.0 Å². The van der Waals surface area contributed by atoms with Crippen LogP contribution in [0.3, 0.4) is 0 Å². The molecular formula is C16H15O4-.